The van der Waals surface area contributed by atoms with Gasteiger partial charge in [-0.25, -0.2) is 0 Å². The minimum absolute atomic E-state index is 0.00512. The Labute approximate surface area is 250 Å². The third kappa shape index (κ3) is 5.18. The van der Waals surface area contributed by atoms with Crippen LogP contribution in [-0.4, -0.2) is 33.2 Å². The number of halogens is 3. The minimum atomic E-state index is -4.39. The molecule has 1 aliphatic carbocycles. The van der Waals surface area contributed by atoms with E-state index in [2.05, 4.69) is 64.3 Å². The molecule has 12 heteroatoms. The molecule has 0 bridgehead atoms. The molecule has 3 aromatic heterocycles. The largest absolute Gasteiger partial charge is 0.413 e. The van der Waals surface area contributed by atoms with E-state index in [1.54, 1.807) is 24.7 Å². The van der Waals surface area contributed by atoms with Crippen molar-refractivity contribution in [2.75, 3.05) is 17.2 Å². The fraction of sp³-hybridized carbons (Fsp3) is 0.323. The number of fused-ring (bicyclic) bond motifs is 2. The monoisotopic (exact) mass is 602 g/mol. The highest BCUT2D eigenvalue weighted by Crippen LogP contribution is 2.54. The van der Waals surface area contributed by atoms with Gasteiger partial charge in [0, 0.05) is 47.8 Å². The van der Waals surface area contributed by atoms with E-state index >= 15 is 0 Å². The number of nitrogens with zero attached hydrogens (tertiary/aromatic N) is 4. The third-order valence-electron chi connectivity index (χ3n) is 7.69. The van der Waals surface area contributed by atoms with Crippen LogP contribution in [0.4, 0.5) is 24.5 Å². The molecule has 4 heterocycles. The molecule has 0 amide bonds. The van der Waals surface area contributed by atoms with E-state index in [0.717, 1.165) is 20.7 Å². The molecule has 220 valence electrons. The van der Waals surface area contributed by atoms with Crippen molar-refractivity contribution in [2.24, 2.45) is 5.41 Å². The van der Waals surface area contributed by atoms with E-state index in [-0.39, 0.29) is 18.3 Å². The number of alkyl halides is 3. The van der Waals surface area contributed by atoms with Crippen molar-refractivity contribution in [2.45, 2.75) is 51.4 Å². The van der Waals surface area contributed by atoms with Crippen LogP contribution in [0.5, 0.6) is 0 Å². The minimum Gasteiger partial charge on any atom is -0.383 e. The van der Waals surface area contributed by atoms with Gasteiger partial charge in [0.2, 0.25) is 0 Å². The lowest BCUT2D eigenvalue weighted by molar-refractivity contribution is -0.195. The number of terminal acetylenes is 1. The van der Waals surface area contributed by atoms with Gasteiger partial charge in [-0.3, -0.25) is 15.0 Å². The molecule has 1 aliphatic heterocycles. The summed E-state index contributed by atoms with van der Waals surface area (Å²) >= 11 is 1.49. The predicted molar refractivity (Wildman–Crippen MR) is 163 cm³/mol. The van der Waals surface area contributed by atoms with Gasteiger partial charge in [-0.1, -0.05) is 26.7 Å². The average Bonchev–Trinajstić information content (AvgIpc) is 3.47. The summed E-state index contributed by atoms with van der Waals surface area (Å²) in [6.07, 6.45) is 7.95. The first kappa shape index (κ1) is 28.6. The van der Waals surface area contributed by atoms with Crippen LogP contribution < -0.4 is 21.6 Å². The van der Waals surface area contributed by atoms with Gasteiger partial charge in [0.1, 0.15) is 6.07 Å². The maximum atomic E-state index is 14.0. The first-order chi connectivity index (χ1) is 20.4. The zero-order valence-corrected chi connectivity index (χ0v) is 24.5. The Bertz CT molecular complexity index is 1840. The standard InChI is InChI=1S/C31H29F3N8S/c1-5-18-13-37-27-19(12-35)10-20(11-22(27)26(18)38-17-29(2,3)4)39-28(23-16-43-25-14-36-9-6-21(23)25)24-15-42(41-40-24)30(7-8-30)31(32,33)34/h1,6,9-11,13-16,28,39-41H,7-8,17H2,2-4H3,(H,37,38)/t28-/m0/s1. The second-order valence-corrected chi connectivity index (χ2v) is 12.9. The number of hydrogen-bond donors (Lipinski definition) is 4. The second kappa shape index (κ2) is 10.3. The van der Waals surface area contributed by atoms with Crippen LogP contribution >= 0.6 is 11.3 Å². The summed E-state index contributed by atoms with van der Waals surface area (Å²) in [5.74, 6) is 2.69. The maximum absolute atomic E-state index is 14.0. The van der Waals surface area contributed by atoms with Crippen LogP contribution in [0.15, 0.2) is 54.1 Å². The van der Waals surface area contributed by atoms with Gasteiger partial charge in [-0.05, 0) is 47.4 Å². The number of aromatic nitrogens is 2. The Morgan fingerprint density at radius 2 is 1.98 bits per heavy atom. The molecular formula is C31H29F3N8S. The van der Waals surface area contributed by atoms with Crippen LogP contribution in [0.25, 0.3) is 21.0 Å². The maximum Gasteiger partial charge on any atom is 0.413 e. The number of nitrogens with one attached hydrogen (secondary N) is 4. The summed E-state index contributed by atoms with van der Waals surface area (Å²) in [7, 11) is 0. The number of pyridine rings is 2. The normalized spacial score (nSPS) is 16.7. The Morgan fingerprint density at radius 3 is 2.65 bits per heavy atom. The van der Waals surface area contributed by atoms with Crippen molar-refractivity contribution in [3.63, 3.8) is 0 Å². The van der Waals surface area contributed by atoms with Gasteiger partial charge >= 0.3 is 6.18 Å². The SMILES string of the molecule is C#Cc1cnc2c(C#N)cc(N[C@H](C3=CN(C4(C(F)(F)F)CC4)NN3)c3csc4cnccc34)cc2c1NCC(C)(C)C. The lowest BCUT2D eigenvalue weighted by Gasteiger charge is -2.28. The van der Waals surface area contributed by atoms with Gasteiger partial charge in [0.25, 0.3) is 0 Å². The highest BCUT2D eigenvalue weighted by molar-refractivity contribution is 7.17. The van der Waals surface area contributed by atoms with Crippen molar-refractivity contribution in [1.29, 1.82) is 5.26 Å². The number of nitriles is 1. The van der Waals surface area contributed by atoms with Gasteiger partial charge < -0.3 is 16.1 Å². The third-order valence-corrected chi connectivity index (χ3v) is 8.64. The predicted octanol–water partition coefficient (Wildman–Crippen LogP) is 6.57. The lowest BCUT2D eigenvalue weighted by atomic mass is 9.96. The summed E-state index contributed by atoms with van der Waals surface area (Å²) in [4.78, 5) is 8.71. The molecule has 0 saturated heterocycles. The Kier molecular flexibility index (Phi) is 6.87. The highest BCUT2D eigenvalue weighted by Gasteiger charge is 2.67. The summed E-state index contributed by atoms with van der Waals surface area (Å²) < 4.78 is 42.8. The molecule has 6 rings (SSSR count). The molecule has 8 nitrogen and oxygen atoms in total. The first-order valence-electron chi connectivity index (χ1n) is 13.7. The molecule has 4 aromatic rings. The molecule has 1 fully saturated rings. The van der Waals surface area contributed by atoms with E-state index in [0.29, 0.717) is 45.6 Å². The number of hydrogen-bond acceptors (Lipinski definition) is 9. The van der Waals surface area contributed by atoms with E-state index in [1.807, 2.05) is 17.5 Å². The van der Waals surface area contributed by atoms with Crippen molar-refractivity contribution < 1.29 is 13.2 Å². The smallest absolute Gasteiger partial charge is 0.383 e. The quantitative estimate of drug-likeness (QED) is 0.176. The molecule has 0 radical (unpaired) electrons. The number of benzene rings is 1. The molecule has 0 spiro atoms. The molecule has 1 saturated carbocycles. The van der Waals surface area contributed by atoms with Crippen LogP contribution in [0.1, 0.15) is 56.3 Å². The number of anilines is 2. The van der Waals surface area contributed by atoms with Crippen LogP contribution in [0.2, 0.25) is 0 Å². The van der Waals surface area contributed by atoms with Gasteiger partial charge in [-0.15, -0.1) is 23.3 Å². The topological polar surface area (TPSA) is 101 Å². The zero-order valence-electron chi connectivity index (χ0n) is 23.7. The first-order valence-corrected chi connectivity index (χ1v) is 14.6. The summed E-state index contributed by atoms with van der Waals surface area (Å²) in [6, 6.07) is 7.09. The van der Waals surface area contributed by atoms with Crippen LogP contribution in [-0.2, 0) is 0 Å². The molecular weight excluding hydrogens is 573 g/mol. The number of hydrazine groups is 2. The van der Waals surface area contributed by atoms with Crippen molar-refractivity contribution in [1.82, 2.24) is 25.9 Å². The fourth-order valence-electron chi connectivity index (χ4n) is 5.23. The molecule has 43 heavy (non-hydrogen) atoms. The average molecular weight is 603 g/mol. The van der Waals surface area contributed by atoms with Gasteiger partial charge in [0.15, 0.2) is 5.54 Å². The molecule has 1 aromatic carbocycles. The zero-order chi connectivity index (χ0) is 30.6. The van der Waals surface area contributed by atoms with Crippen molar-refractivity contribution >= 4 is 43.7 Å². The Morgan fingerprint density at radius 1 is 1.19 bits per heavy atom. The fourth-order valence-corrected chi connectivity index (χ4v) is 6.18. The van der Waals surface area contributed by atoms with Crippen LogP contribution in [0.3, 0.4) is 0 Å². The van der Waals surface area contributed by atoms with E-state index in [9.17, 15) is 18.4 Å². The number of thiophene rings is 1. The molecule has 4 N–H and O–H groups in total. The summed E-state index contributed by atoms with van der Waals surface area (Å²) in [5.41, 5.74) is 7.71. The summed E-state index contributed by atoms with van der Waals surface area (Å²) in [5, 5.41) is 21.7. The van der Waals surface area contributed by atoms with Crippen molar-refractivity contribution in [3.05, 3.63) is 70.8 Å². The Hall–Kier alpha value is -4.52. The molecule has 1 atom stereocenters. The van der Waals surface area contributed by atoms with Gasteiger partial charge in [-0.2, -0.15) is 18.4 Å². The Balaban J connectivity index is 1.47. The summed E-state index contributed by atoms with van der Waals surface area (Å²) in [6.45, 7) is 6.92. The lowest BCUT2D eigenvalue weighted by Crippen LogP contribution is -2.52. The molecule has 0 unspecified atom stereocenters. The molecule has 2 aliphatic rings. The van der Waals surface area contributed by atoms with E-state index in [1.165, 1.54) is 17.5 Å². The van der Waals surface area contributed by atoms with Crippen molar-refractivity contribution in [3.8, 4) is 18.4 Å². The number of rotatable bonds is 7. The van der Waals surface area contributed by atoms with Gasteiger partial charge in [0.05, 0.1) is 38.8 Å². The van der Waals surface area contributed by atoms with Crippen LogP contribution in [0, 0.1) is 29.1 Å². The second-order valence-electron chi connectivity index (χ2n) is 12.0. The van der Waals surface area contributed by atoms with E-state index in [4.69, 9.17) is 6.42 Å². The highest BCUT2D eigenvalue weighted by atomic mass is 32.1. The van der Waals surface area contributed by atoms with E-state index < -0.39 is 17.8 Å².